The molecule has 4 rings (SSSR count). The number of H-pyrrole nitrogens is 1. The van der Waals surface area contributed by atoms with E-state index < -0.39 is 0 Å². The molecule has 6 heteroatoms. The van der Waals surface area contributed by atoms with Crippen LogP contribution in [-0.4, -0.2) is 52.9 Å². The van der Waals surface area contributed by atoms with Crippen LogP contribution in [0.25, 0.3) is 10.9 Å². The molecule has 1 aliphatic carbocycles. The summed E-state index contributed by atoms with van der Waals surface area (Å²) in [6.07, 6.45) is 4.03. The van der Waals surface area contributed by atoms with Crippen molar-refractivity contribution in [3.8, 4) is 0 Å². The number of anilines is 1. The maximum Gasteiger partial charge on any atom is 0.321 e. The van der Waals surface area contributed by atoms with Crippen LogP contribution in [0.3, 0.4) is 0 Å². The van der Waals surface area contributed by atoms with Crippen LogP contribution < -0.4 is 5.32 Å². The quantitative estimate of drug-likeness (QED) is 0.802. The largest absolute Gasteiger partial charge is 0.392 e. The van der Waals surface area contributed by atoms with Gasteiger partial charge in [0.15, 0.2) is 0 Å². The summed E-state index contributed by atoms with van der Waals surface area (Å²) >= 11 is 0. The van der Waals surface area contributed by atoms with Gasteiger partial charge in [-0.2, -0.15) is 0 Å². The van der Waals surface area contributed by atoms with Crippen molar-refractivity contribution in [1.29, 1.82) is 0 Å². The number of hydrogen-bond donors (Lipinski definition) is 3. The van der Waals surface area contributed by atoms with E-state index in [9.17, 15) is 9.90 Å². The van der Waals surface area contributed by atoms with Crippen molar-refractivity contribution in [2.75, 3.05) is 25.0 Å². The van der Waals surface area contributed by atoms with E-state index >= 15 is 0 Å². The number of aromatic amines is 1. The van der Waals surface area contributed by atoms with Crippen LogP contribution in [-0.2, 0) is 4.74 Å². The van der Waals surface area contributed by atoms with Gasteiger partial charge in [-0.05, 0) is 44.0 Å². The fourth-order valence-electron chi connectivity index (χ4n) is 4.28. The van der Waals surface area contributed by atoms with E-state index in [0.29, 0.717) is 19.7 Å². The summed E-state index contributed by atoms with van der Waals surface area (Å²) in [4.78, 5) is 17.5. The van der Waals surface area contributed by atoms with Gasteiger partial charge < -0.3 is 25.0 Å². The molecule has 1 aliphatic heterocycles. The second-order valence-corrected chi connectivity index (χ2v) is 7.13. The fraction of sp³-hybridized carbons (Fsp3) is 0.526. The minimum Gasteiger partial charge on any atom is -0.392 e. The summed E-state index contributed by atoms with van der Waals surface area (Å²) in [5, 5.41) is 14.3. The molecule has 134 valence electrons. The van der Waals surface area contributed by atoms with Gasteiger partial charge in [-0.3, -0.25) is 0 Å². The topological polar surface area (TPSA) is 77.6 Å². The van der Waals surface area contributed by atoms with Crippen LogP contribution in [0.4, 0.5) is 10.5 Å². The Morgan fingerprint density at radius 2 is 2.20 bits per heavy atom. The highest BCUT2D eigenvalue weighted by molar-refractivity contribution is 5.92. The van der Waals surface area contributed by atoms with Gasteiger partial charge in [0.25, 0.3) is 0 Å². The standard InChI is InChI=1S/C19H25N3O3/c1-2-25-17-12-16(23)19(17)6-9-22(10-7-19)18(24)21-14-3-4-15-13(11-14)5-8-20-15/h3-5,8,11,16-17,20,23H,2,6-7,9-10,12H2,1H3,(H,21,24)/t16-,17+/m0/s1. The van der Waals surface area contributed by atoms with Gasteiger partial charge in [0.05, 0.1) is 12.2 Å². The maximum atomic E-state index is 12.6. The minimum absolute atomic E-state index is 0.0773. The molecule has 1 saturated heterocycles. The number of piperidine rings is 1. The summed E-state index contributed by atoms with van der Waals surface area (Å²) in [7, 11) is 0. The molecule has 2 atom stereocenters. The Labute approximate surface area is 147 Å². The molecule has 1 aromatic carbocycles. The lowest BCUT2D eigenvalue weighted by molar-refractivity contribution is -0.207. The van der Waals surface area contributed by atoms with Gasteiger partial charge in [-0.25, -0.2) is 4.79 Å². The summed E-state index contributed by atoms with van der Waals surface area (Å²) in [5.74, 6) is 0. The molecule has 2 fully saturated rings. The number of ether oxygens (including phenoxy) is 1. The lowest BCUT2D eigenvalue weighted by Gasteiger charge is -2.56. The summed E-state index contributed by atoms with van der Waals surface area (Å²) in [6.45, 7) is 3.96. The van der Waals surface area contributed by atoms with Crippen molar-refractivity contribution in [2.24, 2.45) is 5.41 Å². The summed E-state index contributed by atoms with van der Waals surface area (Å²) in [6, 6.07) is 7.75. The number of benzene rings is 1. The van der Waals surface area contributed by atoms with Gasteiger partial charge in [0.2, 0.25) is 0 Å². The Bertz CT molecular complexity index is 762. The van der Waals surface area contributed by atoms with E-state index in [2.05, 4.69) is 10.3 Å². The first-order chi connectivity index (χ1) is 12.1. The third-order valence-corrected chi connectivity index (χ3v) is 5.90. The number of aliphatic hydroxyl groups excluding tert-OH is 1. The summed E-state index contributed by atoms with van der Waals surface area (Å²) < 4.78 is 5.78. The van der Waals surface area contributed by atoms with Crippen LogP contribution in [0.15, 0.2) is 30.5 Å². The van der Waals surface area contributed by atoms with E-state index in [-0.39, 0.29) is 23.7 Å². The Balaban J connectivity index is 1.38. The van der Waals surface area contributed by atoms with Gasteiger partial charge >= 0.3 is 6.03 Å². The lowest BCUT2D eigenvalue weighted by Crippen LogP contribution is -2.63. The van der Waals surface area contributed by atoms with E-state index in [4.69, 9.17) is 4.74 Å². The highest BCUT2D eigenvalue weighted by Crippen LogP contribution is 2.50. The van der Waals surface area contributed by atoms with Crippen LogP contribution in [0, 0.1) is 5.41 Å². The Hall–Kier alpha value is -2.05. The molecule has 1 aromatic heterocycles. The third kappa shape index (κ3) is 2.79. The summed E-state index contributed by atoms with van der Waals surface area (Å²) in [5.41, 5.74) is 1.70. The van der Waals surface area contributed by atoms with Crippen LogP contribution >= 0.6 is 0 Å². The Kier molecular flexibility index (Phi) is 4.17. The molecule has 0 bridgehead atoms. The third-order valence-electron chi connectivity index (χ3n) is 5.90. The number of hydrogen-bond acceptors (Lipinski definition) is 3. The molecule has 2 amide bonds. The highest BCUT2D eigenvalue weighted by Gasteiger charge is 2.56. The smallest absolute Gasteiger partial charge is 0.321 e. The van der Waals surface area contributed by atoms with Crippen molar-refractivity contribution >= 4 is 22.6 Å². The molecule has 6 nitrogen and oxygen atoms in total. The Morgan fingerprint density at radius 3 is 2.92 bits per heavy atom. The number of fused-ring (bicyclic) bond motifs is 1. The molecule has 0 unspecified atom stereocenters. The average Bonchev–Trinajstić information content (AvgIpc) is 3.09. The van der Waals surface area contributed by atoms with Gasteiger partial charge in [0, 0.05) is 54.3 Å². The van der Waals surface area contributed by atoms with Crippen molar-refractivity contribution in [3.05, 3.63) is 30.5 Å². The van der Waals surface area contributed by atoms with Crippen molar-refractivity contribution in [1.82, 2.24) is 9.88 Å². The van der Waals surface area contributed by atoms with E-state index in [0.717, 1.165) is 35.9 Å². The molecule has 0 radical (unpaired) electrons. The van der Waals surface area contributed by atoms with Crippen molar-refractivity contribution < 1.29 is 14.6 Å². The molecular formula is C19H25N3O3. The molecule has 2 aliphatic rings. The van der Waals surface area contributed by atoms with E-state index in [1.807, 2.05) is 42.3 Å². The number of urea groups is 1. The maximum absolute atomic E-state index is 12.6. The monoisotopic (exact) mass is 343 g/mol. The van der Waals surface area contributed by atoms with Crippen LogP contribution in [0.1, 0.15) is 26.2 Å². The predicted octanol–water partition coefficient (Wildman–Crippen LogP) is 2.95. The SMILES string of the molecule is CCO[C@@H]1C[C@H](O)C12CCN(C(=O)Nc1ccc3[nH]ccc3c1)CC2. The number of aliphatic hydroxyl groups is 1. The van der Waals surface area contributed by atoms with Gasteiger partial charge in [0.1, 0.15) is 0 Å². The normalized spacial score (nSPS) is 25.1. The number of nitrogens with zero attached hydrogens (tertiary/aromatic N) is 1. The number of aromatic nitrogens is 1. The molecule has 2 aromatic rings. The molecule has 1 saturated carbocycles. The van der Waals surface area contributed by atoms with Crippen LogP contribution in [0.5, 0.6) is 0 Å². The number of carbonyl (C=O) groups excluding carboxylic acids is 1. The zero-order valence-corrected chi connectivity index (χ0v) is 14.5. The van der Waals surface area contributed by atoms with Gasteiger partial charge in [-0.15, -0.1) is 0 Å². The van der Waals surface area contributed by atoms with E-state index in [1.54, 1.807) is 0 Å². The number of likely N-dealkylation sites (tertiary alicyclic amines) is 1. The average molecular weight is 343 g/mol. The van der Waals surface area contributed by atoms with Crippen molar-refractivity contribution in [2.45, 2.75) is 38.4 Å². The molecular weight excluding hydrogens is 318 g/mol. The number of amides is 2. The number of nitrogens with one attached hydrogen (secondary N) is 2. The number of rotatable bonds is 3. The zero-order valence-electron chi connectivity index (χ0n) is 14.5. The highest BCUT2D eigenvalue weighted by atomic mass is 16.5. The first kappa shape index (κ1) is 16.4. The predicted molar refractivity (Wildman–Crippen MR) is 96.6 cm³/mol. The second-order valence-electron chi connectivity index (χ2n) is 7.13. The van der Waals surface area contributed by atoms with Crippen LogP contribution in [0.2, 0.25) is 0 Å². The lowest BCUT2D eigenvalue weighted by atomic mass is 9.58. The molecule has 2 heterocycles. The Morgan fingerprint density at radius 1 is 1.40 bits per heavy atom. The first-order valence-electron chi connectivity index (χ1n) is 9.05. The minimum atomic E-state index is -0.301. The van der Waals surface area contributed by atoms with Crippen molar-refractivity contribution in [3.63, 3.8) is 0 Å². The fourth-order valence-corrected chi connectivity index (χ4v) is 4.28. The molecule has 25 heavy (non-hydrogen) atoms. The molecule has 1 spiro atoms. The zero-order chi connectivity index (χ0) is 17.4. The molecule has 3 N–H and O–H groups in total. The van der Waals surface area contributed by atoms with Gasteiger partial charge in [-0.1, -0.05) is 0 Å². The second kappa shape index (κ2) is 6.35. The number of carbonyl (C=O) groups is 1. The van der Waals surface area contributed by atoms with E-state index in [1.165, 1.54) is 0 Å². The first-order valence-corrected chi connectivity index (χ1v) is 9.05.